The molecular weight excluding hydrogens is 223 g/mol. The molecule has 0 aromatic heterocycles. The van der Waals surface area contributed by atoms with Crippen molar-refractivity contribution >= 4 is 5.97 Å². The molecule has 0 aliphatic heterocycles. The zero-order chi connectivity index (χ0) is 12.3. The van der Waals surface area contributed by atoms with Crippen LogP contribution in [-0.2, 0) is 9.53 Å². The van der Waals surface area contributed by atoms with Crippen molar-refractivity contribution in [1.29, 1.82) is 0 Å². The normalized spacial score (nSPS) is 12.3. The monoisotopic (exact) mass is 233 g/mol. The van der Waals surface area contributed by atoms with Crippen LogP contribution in [0.1, 0.15) is 18.5 Å². The molecule has 0 heterocycles. The van der Waals surface area contributed by atoms with Crippen LogP contribution in [0.2, 0.25) is 0 Å². The Kier molecular flexibility index (Phi) is 3.89. The first-order valence-electron chi connectivity index (χ1n) is 4.54. The average molecular weight is 233 g/mol. The second-order valence-corrected chi connectivity index (χ2v) is 3.03. The summed E-state index contributed by atoms with van der Waals surface area (Å²) in [6.45, 7) is 1.66. The molecule has 1 aromatic carbocycles. The molecule has 1 unspecified atom stereocenters. The lowest BCUT2D eigenvalue weighted by molar-refractivity contribution is -0.144. The molecular formula is C10H10F3NO2. The van der Waals surface area contributed by atoms with Gasteiger partial charge < -0.3 is 10.5 Å². The van der Waals surface area contributed by atoms with Crippen molar-refractivity contribution in [2.75, 3.05) is 6.61 Å². The highest BCUT2D eigenvalue weighted by Crippen LogP contribution is 2.18. The quantitative estimate of drug-likeness (QED) is 0.638. The van der Waals surface area contributed by atoms with Gasteiger partial charge in [0.2, 0.25) is 0 Å². The summed E-state index contributed by atoms with van der Waals surface area (Å²) in [4.78, 5) is 11.2. The largest absolute Gasteiger partial charge is 0.465 e. The highest BCUT2D eigenvalue weighted by molar-refractivity contribution is 5.77. The van der Waals surface area contributed by atoms with Crippen LogP contribution in [0, 0.1) is 17.5 Å². The second-order valence-electron chi connectivity index (χ2n) is 3.03. The third-order valence-electron chi connectivity index (χ3n) is 1.91. The van der Waals surface area contributed by atoms with Crippen LogP contribution in [0.3, 0.4) is 0 Å². The maximum Gasteiger partial charge on any atom is 0.327 e. The molecule has 1 aromatic rings. The van der Waals surface area contributed by atoms with E-state index in [4.69, 9.17) is 5.73 Å². The molecule has 6 heteroatoms. The molecule has 0 saturated carbocycles. The van der Waals surface area contributed by atoms with Crippen LogP contribution in [0.4, 0.5) is 13.2 Å². The third-order valence-corrected chi connectivity index (χ3v) is 1.91. The van der Waals surface area contributed by atoms with Gasteiger partial charge in [-0.05, 0) is 24.6 Å². The molecule has 0 radical (unpaired) electrons. The number of esters is 1. The molecule has 0 amide bonds. The smallest absolute Gasteiger partial charge is 0.327 e. The fourth-order valence-corrected chi connectivity index (χ4v) is 1.12. The highest BCUT2D eigenvalue weighted by Gasteiger charge is 2.20. The van der Waals surface area contributed by atoms with Gasteiger partial charge in [0.15, 0.2) is 17.5 Å². The van der Waals surface area contributed by atoms with E-state index in [0.29, 0.717) is 12.1 Å². The zero-order valence-electron chi connectivity index (χ0n) is 8.47. The lowest BCUT2D eigenvalue weighted by Crippen LogP contribution is -2.24. The maximum absolute atomic E-state index is 12.8. The van der Waals surface area contributed by atoms with E-state index in [-0.39, 0.29) is 12.2 Å². The standard InChI is InChI=1S/C10H10F3NO2/c1-2-16-10(15)9(14)5-3-6(11)8(13)7(12)4-5/h3-4,9H,2,14H2,1H3. The minimum atomic E-state index is -1.60. The van der Waals surface area contributed by atoms with E-state index >= 15 is 0 Å². The van der Waals surface area contributed by atoms with Crippen LogP contribution in [0.25, 0.3) is 0 Å². The van der Waals surface area contributed by atoms with Crippen LogP contribution in [0.15, 0.2) is 12.1 Å². The molecule has 0 bridgehead atoms. The molecule has 0 aliphatic carbocycles. The third kappa shape index (κ3) is 2.52. The predicted molar refractivity (Wildman–Crippen MR) is 49.9 cm³/mol. The van der Waals surface area contributed by atoms with Gasteiger partial charge >= 0.3 is 5.97 Å². The number of halogens is 3. The van der Waals surface area contributed by atoms with Crippen molar-refractivity contribution in [3.8, 4) is 0 Å². The first kappa shape index (κ1) is 12.5. The number of carbonyl (C=O) groups excluding carboxylic acids is 1. The van der Waals surface area contributed by atoms with Gasteiger partial charge in [0.1, 0.15) is 6.04 Å². The number of benzene rings is 1. The van der Waals surface area contributed by atoms with E-state index in [1.54, 1.807) is 6.92 Å². The Labute approximate surface area is 90.0 Å². The highest BCUT2D eigenvalue weighted by atomic mass is 19.2. The topological polar surface area (TPSA) is 52.3 Å². The van der Waals surface area contributed by atoms with Crippen molar-refractivity contribution in [2.24, 2.45) is 5.73 Å². The molecule has 0 fully saturated rings. The van der Waals surface area contributed by atoms with E-state index in [1.165, 1.54) is 0 Å². The Balaban J connectivity index is 3.01. The Morgan fingerprint density at radius 2 is 1.88 bits per heavy atom. The van der Waals surface area contributed by atoms with Crippen molar-refractivity contribution in [3.63, 3.8) is 0 Å². The lowest BCUT2D eigenvalue weighted by atomic mass is 10.1. The SMILES string of the molecule is CCOC(=O)C(N)c1cc(F)c(F)c(F)c1. The summed E-state index contributed by atoms with van der Waals surface area (Å²) in [5, 5.41) is 0. The molecule has 88 valence electrons. The number of carbonyl (C=O) groups is 1. The Morgan fingerprint density at radius 3 is 2.31 bits per heavy atom. The van der Waals surface area contributed by atoms with Gasteiger partial charge in [0, 0.05) is 0 Å². The first-order valence-corrected chi connectivity index (χ1v) is 4.54. The Hall–Kier alpha value is -1.56. The fraction of sp³-hybridized carbons (Fsp3) is 0.300. The van der Waals surface area contributed by atoms with Gasteiger partial charge in [-0.2, -0.15) is 0 Å². The summed E-state index contributed by atoms with van der Waals surface area (Å²) in [5.41, 5.74) is 5.21. The molecule has 1 atom stereocenters. The molecule has 16 heavy (non-hydrogen) atoms. The summed E-state index contributed by atoms with van der Waals surface area (Å²) in [6, 6.07) is 0.00421. The molecule has 3 nitrogen and oxygen atoms in total. The summed E-state index contributed by atoms with van der Waals surface area (Å²) in [6.07, 6.45) is 0. The Morgan fingerprint density at radius 1 is 1.38 bits per heavy atom. The van der Waals surface area contributed by atoms with Crippen LogP contribution in [-0.4, -0.2) is 12.6 Å². The van der Waals surface area contributed by atoms with E-state index in [1.807, 2.05) is 0 Å². The van der Waals surface area contributed by atoms with E-state index in [0.717, 1.165) is 0 Å². The van der Waals surface area contributed by atoms with Gasteiger partial charge in [-0.3, -0.25) is 0 Å². The number of hydrogen-bond donors (Lipinski definition) is 1. The van der Waals surface area contributed by atoms with Gasteiger partial charge in [0.25, 0.3) is 0 Å². The van der Waals surface area contributed by atoms with E-state index in [9.17, 15) is 18.0 Å². The zero-order valence-corrected chi connectivity index (χ0v) is 8.47. The lowest BCUT2D eigenvalue weighted by Gasteiger charge is -2.11. The minimum Gasteiger partial charge on any atom is -0.465 e. The number of nitrogens with two attached hydrogens (primary N) is 1. The molecule has 1 rings (SSSR count). The van der Waals surface area contributed by atoms with Crippen molar-refractivity contribution in [3.05, 3.63) is 35.1 Å². The first-order chi connectivity index (χ1) is 7.47. The molecule has 0 saturated heterocycles. The van der Waals surface area contributed by atoms with Gasteiger partial charge in [-0.1, -0.05) is 0 Å². The molecule has 0 spiro atoms. The maximum atomic E-state index is 12.8. The molecule has 0 aliphatic rings. The summed E-state index contributed by atoms with van der Waals surface area (Å²) in [5.74, 6) is -5.21. The summed E-state index contributed by atoms with van der Waals surface area (Å²) >= 11 is 0. The van der Waals surface area contributed by atoms with Gasteiger partial charge in [-0.15, -0.1) is 0 Å². The van der Waals surface area contributed by atoms with Crippen LogP contribution in [0.5, 0.6) is 0 Å². The Bertz CT molecular complexity index is 386. The van der Waals surface area contributed by atoms with E-state index < -0.39 is 29.5 Å². The number of rotatable bonds is 3. The summed E-state index contributed by atoms with van der Waals surface area (Å²) in [7, 11) is 0. The average Bonchev–Trinajstić information content (AvgIpc) is 2.24. The van der Waals surface area contributed by atoms with Gasteiger partial charge in [-0.25, -0.2) is 18.0 Å². The second kappa shape index (κ2) is 4.98. The summed E-state index contributed by atoms with van der Waals surface area (Å²) < 4.78 is 42.8. The molecule has 2 N–H and O–H groups in total. The van der Waals surface area contributed by atoms with E-state index in [2.05, 4.69) is 4.74 Å². The number of hydrogen-bond acceptors (Lipinski definition) is 3. The van der Waals surface area contributed by atoms with Crippen molar-refractivity contribution in [1.82, 2.24) is 0 Å². The van der Waals surface area contributed by atoms with Crippen LogP contribution >= 0.6 is 0 Å². The number of ether oxygens (including phenoxy) is 1. The fourth-order valence-electron chi connectivity index (χ4n) is 1.12. The van der Waals surface area contributed by atoms with Crippen molar-refractivity contribution < 1.29 is 22.7 Å². The predicted octanol–water partition coefficient (Wildman–Crippen LogP) is 1.67. The van der Waals surface area contributed by atoms with Crippen molar-refractivity contribution in [2.45, 2.75) is 13.0 Å². The van der Waals surface area contributed by atoms with Gasteiger partial charge in [0.05, 0.1) is 6.61 Å². The minimum absolute atomic E-state index is 0.0959. The van der Waals surface area contributed by atoms with Crippen LogP contribution < -0.4 is 5.73 Å².